The molecule has 1 rings (SSSR count). The standard InChI is InChI=1S/C49H81O15P/c1-3-5-7-8-9-10-11-12-13-14-15-16-17-18-22-25-29-35-43(53)63-41(38-62-65(59,60)64-49-47(57)45(55)44(54)46(56)48(49)58)37-61-42(52)36-30-34-40(51)33-28-24-21-19-20-23-27-32-39(50)31-26-6-4-2/h12-13,15-16,18,20-24,27-28,32-33,39-41,44-51,54-58H,3-11,14,17,19,25-26,29-31,34-38H2,1-2H3,(H,59,60)/b13-12-,16-15-,22-18-,23-20-,24-21-,32-27+,33-28+/t39-,40-,41+,44?,45-,46+,47+,48+,49?/m0/s1. The molecule has 0 aromatic carbocycles. The number of phosphoric ester groups is 1. The van der Waals surface area contributed by atoms with Crippen LogP contribution in [-0.2, 0) is 32.7 Å². The van der Waals surface area contributed by atoms with Crippen LogP contribution in [0.15, 0.2) is 85.1 Å². The number of carbonyl (C=O) groups excluding carboxylic acids is 2. The van der Waals surface area contributed by atoms with Crippen molar-refractivity contribution in [3.8, 4) is 0 Å². The molecule has 0 bridgehead atoms. The summed E-state index contributed by atoms with van der Waals surface area (Å²) in [5, 5.41) is 70.4. The minimum atomic E-state index is -5.19. The molecular weight excluding hydrogens is 859 g/mol. The van der Waals surface area contributed by atoms with Gasteiger partial charge in [0.05, 0.1) is 18.8 Å². The quantitative estimate of drug-likeness (QED) is 0.0101. The average molecular weight is 941 g/mol. The molecule has 0 heterocycles. The van der Waals surface area contributed by atoms with Gasteiger partial charge in [-0.2, -0.15) is 0 Å². The highest BCUT2D eigenvalue weighted by atomic mass is 31.2. The Morgan fingerprint density at radius 1 is 0.554 bits per heavy atom. The third kappa shape index (κ3) is 30.8. The number of hydrogen-bond donors (Lipinski definition) is 8. The fourth-order valence-corrected chi connectivity index (χ4v) is 7.49. The molecule has 0 radical (unpaired) electrons. The second-order valence-corrected chi connectivity index (χ2v) is 17.7. The van der Waals surface area contributed by atoms with E-state index in [9.17, 15) is 54.8 Å². The average Bonchev–Trinajstić information content (AvgIpc) is 3.28. The molecule has 3 unspecified atom stereocenters. The van der Waals surface area contributed by atoms with Gasteiger partial charge in [0.1, 0.15) is 43.2 Å². The second-order valence-electron chi connectivity index (χ2n) is 16.3. The molecule has 0 aliphatic heterocycles. The first kappa shape index (κ1) is 60.0. The van der Waals surface area contributed by atoms with Crippen LogP contribution in [0, 0.1) is 0 Å². The monoisotopic (exact) mass is 941 g/mol. The van der Waals surface area contributed by atoms with Gasteiger partial charge in [0.25, 0.3) is 0 Å². The van der Waals surface area contributed by atoms with E-state index in [2.05, 4.69) is 38.2 Å². The third-order valence-corrected chi connectivity index (χ3v) is 11.4. The zero-order valence-electron chi connectivity index (χ0n) is 38.7. The number of rotatable bonds is 37. The molecule has 0 saturated heterocycles. The van der Waals surface area contributed by atoms with Gasteiger partial charge in [0.15, 0.2) is 6.10 Å². The van der Waals surface area contributed by atoms with E-state index in [-0.39, 0.29) is 25.7 Å². The number of ether oxygens (including phenoxy) is 2. The number of allylic oxidation sites excluding steroid dienone is 12. The first-order valence-electron chi connectivity index (χ1n) is 23.6. The highest BCUT2D eigenvalue weighted by molar-refractivity contribution is 7.47. The van der Waals surface area contributed by atoms with Crippen molar-refractivity contribution in [3.63, 3.8) is 0 Å². The molecule has 0 spiro atoms. The Bertz CT molecular complexity index is 1490. The second kappa shape index (κ2) is 38.0. The zero-order chi connectivity index (χ0) is 48.1. The molecule has 372 valence electrons. The number of phosphoric acid groups is 1. The van der Waals surface area contributed by atoms with Crippen LogP contribution in [-0.4, -0.2) is 121 Å². The van der Waals surface area contributed by atoms with Gasteiger partial charge in [-0.05, 0) is 64.2 Å². The predicted octanol–water partition coefficient (Wildman–Crippen LogP) is 7.22. The Labute approximate surface area is 387 Å². The van der Waals surface area contributed by atoms with Crippen LogP contribution in [0.3, 0.4) is 0 Å². The molecular formula is C49H81O15P. The molecule has 1 aliphatic rings. The predicted molar refractivity (Wildman–Crippen MR) is 251 cm³/mol. The van der Waals surface area contributed by atoms with Crippen LogP contribution >= 0.6 is 7.82 Å². The van der Waals surface area contributed by atoms with Gasteiger partial charge in [0, 0.05) is 12.8 Å². The van der Waals surface area contributed by atoms with Gasteiger partial charge in [-0.15, -0.1) is 0 Å². The van der Waals surface area contributed by atoms with E-state index in [0.29, 0.717) is 19.3 Å². The Balaban J connectivity index is 2.61. The van der Waals surface area contributed by atoms with Crippen molar-refractivity contribution in [3.05, 3.63) is 85.1 Å². The third-order valence-electron chi connectivity index (χ3n) is 10.4. The molecule has 8 N–H and O–H groups in total. The summed E-state index contributed by atoms with van der Waals surface area (Å²) >= 11 is 0. The van der Waals surface area contributed by atoms with Crippen molar-refractivity contribution in [1.82, 2.24) is 0 Å². The minimum Gasteiger partial charge on any atom is -0.462 e. The molecule has 10 atom stereocenters. The molecule has 16 heteroatoms. The van der Waals surface area contributed by atoms with Crippen molar-refractivity contribution < 1.29 is 73.3 Å². The van der Waals surface area contributed by atoms with Crippen LogP contribution in [0.5, 0.6) is 0 Å². The van der Waals surface area contributed by atoms with Crippen molar-refractivity contribution in [1.29, 1.82) is 0 Å². The fraction of sp³-hybridized carbons (Fsp3) is 0.673. The largest absolute Gasteiger partial charge is 0.472 e. The van der Waals surface area contributed by atoms with E-state index in [0.717, 1.165) is 44.9 Å². The van der Waals surface area contributed by atoms with Crippen LogP contribution in [0.4, 0.5) is 0 Å². The van der Waals surface area contributed by atoms with Crippen molar-refractivity contribution >= 4 is 19.8 Å². The number of unbranched alkanes of at least 4 members (excludes halogenated alkanes) is 9. The first-order valence-corrected chi connectivity index (χ1v) is 25.1. The Hall–Kier alpha value is -3.05. The summed E-state index contributed by atoms with van der Waals surface area (Å²) in [5.74, 6) is -1.40. The highest BCUT2D eigenvalue weighted by Gasteiger charge is 2.51. The number of carbonyl (C=O) groups is 2. The zero-order valence-corrected chi connectivity index (χ0v) is 39.6. The van der Waals surface area contributed by atoms with E-state index < -0.39 is 87.9 Å². The van der Waals surface area contributed by atoms with E-state index in [1.807, 2.05) is 36.5 Å². The van der Waals surface area contributed by atoms with Gasteiger partial charge in [-0.25, -0.2) is 4.57 Å². The number of esters is 2. The summed E-state index contributed by atoms with van der Waals surface area (Å²) in [6.45, 7) is 2.94. The molecule has 65 heavy (non-hydrogen) atoms. The van der Waals surface area contributed by atoms with Crippen molar-refractivity contribution in [2.45, 2.75) is 197 Å². The summed E-state index contributed by atoms with van der Waals surface area (Å²) in [6, 6.07) is 0. The summed E-state index contributed by atoms with van der Waals surface area (Å²) in [6.07, 6.45) is 28.4. The normalized spacial score (nSPS) is 23.2. The summed E-state index contributed by atoms with van der Waals surface area (Å²) in [4.78, 5) is 35.7. The maximum Gasteiger partial charge on any atom is 0.472 e. The lowest BCUT2D eigenvalue weighted by Gasteiger charge is -2.41. The Morgan fingerprint density at radius 3 is 1.63 bits per heavy atom. The molecule has 1 fully saturated rings. The van der Waals surface area contributed by atoms with Gasteiger partial charge in [0.2, 0.25) is 0 Å². The summed E-state index contributed by atoms with van der Waals surface area (Å²) in [5.41, 5.74) is 0. The Morgan fingerprint density at radius 2 is 1.03 bits per heavy atom. The number of hydrogen-bond acceptors (Lipinski definition) is 14. The fourth-order valence-electron chi connectivity index (χ4n) is 6.52. The van der Waals surface area contributed by atoms with Gasteiger partial charge in [-0.1, -0.05) is 150 Å². The van der Waals surface area contributed by atoms with Crippen molar-refractivity contribution in [2.24, 2.45) is 0 Å². The first-order chi connectivity index (χ1) is 31.2. The van der Waals surface area contributed by atoms with Crippen molar-refractivity contribution in [2.75, 3.05) is 13.2 Å². The highest BCUT2D eigenvalue weighted by Crippen LogP contribution is 2.47. The van der Waals surface area contributed by atoms with Gasteiger partial charge < -0.3 is 50.1 Å². The van der Waals surface area contributed by atoms with E-state index >= 15 is 0 Å². The van der Waals surface area contributed by atoms with E-state index in [4.69, 9.17) is 18.5 Å². The summed E-state index contributed by atoms with van der Waals surface area (Å²) < 4.78 is 33.3. The lowest BCUT2D eigenvalue weighted by molar-refractivity contribution is -0.220. The number of aliphatic hydroxyl groups excluding tert-OH is 7. The van der Waals surface area contributed by atoms with Crippen LogP contribution in [0.25, 0.3) is 0 Å². The molecule has 0 aromatic rings. The topological polar surface area (TPSA) is 250 Å². The Kier molecular flexibility index (Phi) is 35.0. The number of aliphatic hydroxyl groups is 7. The smallest absolute Gasteiger partial charge is 0.462 e. The molecule has 1 aliphatic carbocycles. The molecule has 0 aromatic heterocycles. The van der Waals surface area contributed by atoms with E-state index in [1.165, 1.54) is 38.5 Å². The van der Waals surface area contributed by atoms with Crippen LogP contribution < -0.4 is 0 Å². The maximum absolute atomic E-state index is 12.8. The minimum absolute atomic E-state index is 0.0290. The lowest BCUT2D eigenvalue weighted by atomic mass is 9.85. The molecule has 1 saturated carbocycles. The molecule has 0 amide bonds. The SMILES string of the molecule is CCCCCCCC/C=C\C/C=C\C/C=C\CCCC(=O)O[C@H](COC(=O)CCC[C@@H](O)/C=C/C=C\C/C=C\C=C\[C@@H](O)CCCCC)COP(=O)(O)OC1[C@H](O)[C@H](O)C(O)[C@H](O)[C@H]1O. The maximum atomic E-state index is 12.8. The van der Waals surface area contributed by atoms with Gasteiger partial charge >= 0.3 is 19.8 Å². The lowest BCUT2D eigenvalue weighted by Crippen LogP contribution is -2.64. The van der Waals surface area contributed by atoms with Crippen LogP contribution in [0.2, 0.25) is 0 Å². The van der Waals surface area contributed by atoms with Gasteiger partial charge in [-0.3, -0.25) is 18.6 Å². The van der Waals surface area contributed by atoms with E-state index in [1.54, 1.807) is 24.3 Å². The van der Waals surface area contributed by atoms with Crippen LogP contribution in [0.1, 0.15) is 142 Å². The molecule has 15 nitrogen and oxygen atoms in total. The summed E-state index contributed by atoms with van der Waals surface area (Å²) in [7, 11) is -5.19.